The molecule has 2 aromatic rings. The van der Waals surface area contributed by atoms with E-state index in [1.54, 1.807) is 18.1 Å². The van der Waals surface area contributed by atoms with Crippen molar-refractivity contribution in [3.05, 3.63) is 41.0 Å². The molecule has 0 unspecified atom stereocenters. The molecule has 36 heavy (non-hydrogen) atoms. The number of piperazine rings is 2. The van der Waals surface area contributed by atoms with Crippen molar-refractivity contribution in [3.8, 4) is 0 Å². The number of nitrogens with zero attached hydrogens (tertiary/aromatic N) is 6. The average Bonchev–Trinajstić information content (AvgIpc) is 3.32. The molecule has 11 heteroatoms. The lowest BCUT2D eigenvalue weighted by molar-refractivity contribution is 0.0520. The zero-order chi connectivity index (χ0) is 25.3. The zero-order valence-electron chi connectivity index (χ0n) is 20.9. The molecule has 0 atom stereocenters. The van der Waals surface area contributed by atoms with E-state index in [1.165, 1.54) is 41.1 Å². The second-order valence-corrected chi connectivity index (χ2v) is 12.3. The van der Waals surface area contributed by atoms with Crippen LogP contribution in [-0.2, 0) is 17.1 Å². The first-order valence-electron chi connectivity index (χ1n) is 12.9. The van der Waals surface area contributed by atoms with Gasteiger partial charge in [0.25, 0.3) is 15.9 Å². The fourth-order valence-electron chi connectivity index (χ4n) is 5.67. The van der Waals surface area contributed by atoms with Gasteiger partial charge in [0, 0.05) is 82.4 Å². The van der Waals surface area contributed by atoms with Gasteiger partial charge in [0.05, 0.1) is 5.56 Å². The summed E-state index contributed by atoms with van der Waals surface area (Å²) in [6.45, 7) is 4.68. The highest BCUT2D eigenvalue weighted by molar-refractivity contribution is 7.89. The van der Waals surface area contributed by atoms with Gasteiger partial charge < -0.3 is 9.80 Å². The summed E-state index contributed by atoms with van der Waals surface area (Å²) in [5.74, 6) is -0.246. The van der Waals surface area contributed by atoms with Gasteiger partial charge in [-0.3, -0.25) is 14.4 Å². The van der Waals surface area contributed by atoms with Crippen molar-refractivity contribution in [3.63, 3.8) is 0 Å². The third-order valence-electron chi connectivity index (χ3n) is 7.73. The number of amides is 1. The van der Waals surface area contributed by atoms with Crippen molar-refractivity contribution in [1.29, 1.82) is 0 Å². The van der Waals surface area contributed by atoms with Gasteiger partial charge >= 0.3 is 0 Å². The highest BCUT2D eigenvalue weighted by Crippen LogP contribution is 2.26. The fraction of sp³-hybridized carbons (Fsp3) is 0.600. The van der Waals surface area contributed by atoms with Crippen LogP contribution in [-0.4, -0.2) is 96.6 Å². The summed E-state index contributed by atoms with van der Waals surface area (Å²) < 4.78 is 30.1. The lowest BCUT2D eigenvalue weighted by Gasteiger charge is -2.40. The maximum atomic E-state index is 13.6. The molecule has 3 heterocycles. The van der Waals surface area contributed by atoms with Gasteiger partial charge in [0.15, 0.2) is 0 Å². The monoisotopic (exact) mass is 534 g/mol. The predicted molar refractivity (Wildman–Crippen MR) is 140 cm³/mol. The fourth-order valence-corrected chi connectivity index (χ4v) is 7.34. The number of hydrogen-bond acceptors (Lipinski definition) is 6. The van der Waals surface area contributed by atoms with Crippen LogP contribution in [0.15, 0.2) is 35.5 Å². The minimum atomic E-state index is -3.90. The lowest BCUT2D eigenvalue weighted by Crippen LogP contribution is -2.52. The number of halogens is 1. The second kappa shape index (κ2) is 10.7. The van der Waals surface area contributed by atoms with Gasteiger partial charge in [0.1, 0.15) is 0 Å². The summed E-state index contributed by atoms with van der Waals surface area (Å²) in [6, 6.07) is 8.17. The summed E-state index contributed by atoms with van der Waals surface area (Å²) in [5.41, 5.74) is 1.18. The quantitative estimate of drug-likeness (QED) is 0.586. The molecule has 1 aromatic carbocycles. The van der Waals surface area contributed by atoms with E-state index in [4.69, 9.17) is 11.6 Å². The number of hydrogen-bond donors (Lipinski definition) is 0. The van der Waals surface area contributed by atoms with Gasteiger partial charge in [-0.2, -0.15) is 9.40 Å². The molecule has 0 bridgehead atoms. The zero-order valence-corrected chi connectivity index (χ0v) is 22.4. The number of aryl methyl sites for hydroxylation is 1. The second-order valence-electron chi connectivity index (χ2n) is 10.0. The number of carbonyl (C=O) groups is 1. The van der Waals surface area contributed by atoms with Crippen molar-refractivity contribution in [2.75, 3.05) is 57.3 Å². The molecule has 5 rings (SSSR count). The van der Waals surface area contributed by atoms with E-state index >= 15 is 0 Å². The topological polar surface area (TPSA) is 82.0 Å². The minimum absolute atomic E-state index is 0.135. The summed E-state index contributed by atoms with van der Waals surface area (Å²) >= 11 is 5.99. The van der Waals surface area contributed by atoms with Gasteiger partial charge in [-0.05, 0) is 37.1 Å². The summed E-state index contributed by atoms with van der Waals surface area (Å²) in [5, 5.41) is 4.78. The molecular weight excluding hydrogens is 500 g/mol. The van der Waals surface area contributed by atoms with Gasteiger partial charge in [-0.15, -0.1) is 0 Å². The highest BCUT2D eigenvalue weighted by atomic mass is 35.5. The third-order valence-corrected chi connectivity index (χ3v) is 9.82. The van der Waals surface area contributed by atoms with Crippen LogP contribution >= 0.6 is 11.6 Å². The molecule has 0 radical (unpaired) electrons. The maximum Gasteiger partial charge on any atom is 0.263 e. The lowest BCUT2D eigenvalue weighted by atomic mass is 9.94. The number of carbonyl (C=O) groups excluding carboxylic acids is 1. The largest absolute Gasteiger partial charge is 0.369 e. The van der Waals surface area contributed by atoms with Gasteiger partial charge in [-0.25, -0.2) is 8.42 Å². The average molecular weight is 535 g/mol. The van der Waals surface area contributed by atoms with E-state index < -0.39 is 10.0 Å². The van der Waals surface area contributed by atoms with Crippen molar-refractivity contribution in [2.45, 2.75) is 43.2 Å². The molecule has 1 amide bonds. The van der Waals surface area contributed by atoms with Crippen LogP contribution in [0, 0.1) is 0 Å². The molecule has 2 aliphatic heterocycles. The molecule has 1 aromatic heterocycles. The van der Waals surface area contributed by atoms with E-state index in [-0.39, 0.29) is 16.5 Å². The number of rotatable bonds is 5. The van der Waals surface area contributed by atoms with E-state index in [2.05, 4.69) is 14.9 Å². The highest BCUT2D eigenvalue weighted by Gasteiger charge is 2.36. The minimum Gasteiger partial charge on any atom is -0.369 e. The Morgan fingerprint density at radius 2 is 1.56 bits per heavy atom. The Balaban J connectivity index is 1.25. The van der Waals surface area contributed by atoms with Crippen LogP contribution in [0.4, 0.5) is 5.69 Å². The van der Waals surface area contributed by atoms with Crippen LogP contribution in [0.1, 0.15) is 42.5 Å². The van der Waals surface area contributed by atoms with E-state index in [1.807, 2.05) is 24.3 Å². The first-order valence-corrected chi connectivity index (χ1v) is 14.7. The molecule has 3 fully saturated rings. The first-order chi connectivity index (χ1) is 17.3. The predicted octanol–water partition coefficient (Wildman–Crippen LogP) is 2.67. The van der Waals surface area contributed by atoms with Crippen LogP contribution in [0.25, 0.3) is 0 Å². The number of sulfonamides is 1. The van der Waals surface area contributed by atoms with Crippen LogP contribution in [0.5, 0.6) is 0 Å². The van der Waals surface area contributed by atoms with Gasteiger partial charge in [-0.1, -0.05) is 30.9 Å². The van der Waals surface area contributed by atoms with Crippen LogP contribution < -0.4 is 4.90 Å². The van der Waals surface area contributed by atoms with E-state index in [0.29, 0.717) is 50.3 Å². The van der Waals surface area contributed by atoms with Crippen molar-refractivity contribution < 1.29 is 13.2 Å². The molecule has 1 aliphatic carbocycles. The molecule has 2 saturated heterocycles. The van der Waals surface area contributed by atoms with Crippen molar-refractivity contribution >= 4 is 33.2 Å². The Morgan fingerprint density at radius 3 is 2.19 bits per heavy atom. The van der Waals surface area contributed by atoms with E-state index in [9.17, 15) is 13.2 Å². The molecule has 0 N–H and O–H groups in total. The molecule has 0 spiro atoms. The first kappa shape index (κ1) is 25.5. The Bertz CT molecular complexity index is 1160. The SMILES string of the molecule is Cn1cc(C(=O)N2CCN(C3CCCCC3)CC2)c(S(=O)(=O)N2CCN(c3ccc(Cl)cc3)CC2)n1. The Hall–Kier alpha value is -2.14. The number of anilines is 1. The van der Waals surface area contributed by atoms with E-state index in [0.717, 1.165) is 18.8 Å². The Labute approximate surface area is 218 Å². The summed E-state index contributed by atoms with van der Waals surface area (Å²) in [6.07, 6.45) is 7.92. The number of aromatic nitrogens is 2. The van der Waals surface area contributed by atoms with Crippen LogP contribution in [0.3, 0.4) is 0 Å². The number of benzene rings is 1. The Kier molecular flexibility index (Phi) is 7.57. The van der Waals surface area contributed by atoms with Crippen LogP contribution in [0.2, 0.25) is 5.02 Å². The summed E-state index contributed by atoms with van der Waals surface area (Å²) in [7, 11) is -2.24. The third kappa shape index (κ3) is 5.27. The summed E-state index contributed by atoms with van der Waals surface area (Å²) in [4.78, 5) is 19.9. The molecule has 196 valence electrons. The van der Waals surface area contributed by atoms with Gasteiger partial charge in [0.2, 0.25) is 5.03 Å². The standard InChI is InChI=1S/C25H35ClN6O3S/c1-28-19-23(25(33)31-13-11-29(12-14-31)21-5-3-2-4-6-21)24(27-28)36(34,35)32-17-15-30(16-18-32)22-9-7-20(26)8-10-22/h7-10,19,21H,2-6,11-18H2,1H3. The van der Waals surface area contributed by atoms with Crippen molar-refractivity contribution in [1.82, 2.24) is 23.9 Å². The van der Waals surface area contributed by atoms with Crippen molar-refractivity contribution in [2.24, 2.45) is 7.05 Å². The molecule has 9 nitrogen and oxygen atoms in total. The molecule has 1 saturated carbocycles. The normalized spacial score (nSPS) is 21.2. The maximum absolute atomic E-state index is 13.6. The Morgan fingerprint density at radius 1 is 0.917 bits per heavy atom. The molecular formula is C25H35ClN6O3S. The molecule has 3 aliphatic rings. The smallest absolute Gasteiger partial charge is 0.263 e.